The van der Waals surface area contributed by atoms with Crippen molar-refractivity contribution in [2.45, 2.75) is 13.2 Å². The Morgan fingerprint density at radius 3 is 2.55 bits per heavy atom. The van der Waals surface area contributed by atoms with E-state index < -0.39 is 0 Å². The van der Waals surface area contributed by atoms with Crippen LogP contribution in [-0.4, -0.2) is 15.7 Å². The Bertz CT molecular complexity index is 1210. The minimum atomic E-state index is -0.225. The molecule has 3 aromatic carbocycles. The van der Waals surface area contributed by atoms with Crippen LogP contribution in [0.2, 0.25) is 10.0 Å². The number of carbonyl (C=O) groups excluding carboxylic acids is 1. The molecule has 1 heterocycles. The third-order valence-electron chi connectivity index (χ3n) is 4.60. The summed E-state index contributed by atoms with van der Waals surface area (Å²) in [5.74, 6) is 0.377. The molecule has 5 nitrogen and oxygen atoms in total. The highest BCUT2D eigenvalue weighted by molar-refractivity contribution is 6.32. The maximum absolute atomic E-state index is 12.7. The Morgan fingerprint density at radius 2 is 1.74 bits per heavy atom. The van der Waals surface area contributed by atoms with E-state index in [-0.39, 0.29) is 5.91 Å². The number of hydrogen-bond acceptors (Lipinski definition) is 3. The van der Waals surface area contributed by atoms with Crippen LogP contribution in [0, 0.1) is 0 Å². The van der Waals surface area contributed by atoms with Crippen LogP contribution in [0.4, 0.5) is 5.69 Å². The topological polar surface area (TPSA) is 56.2 Å². The molecule has 4 aromatic rings. The predicted molar refractivity (Wildman–Crippen MR) is 123 cm³/mol. The summed E-state index contributed by atoms with van der Waals surface area (Å²) >= 11 is 12.3. The zero-order valence-corrected chi connectivity index (χ0v) is 18.0. The smallest absolute Gasteiger partial charge is 0.255 e. The molecule has 0 aliphatic heterocycles. The van der Waals surface area contributed by atoms with E-state index in [2.05, 4.69) is 10.4 Å². The first-order valence-corrected chi connectivity index (χ1v) is 10.4. The highest BCUT2D eigenvalue weighted by atomic mass is 35.5. The van der Waals surface area contributed by atoms with E-state index in [9.17, 15) is 4.79 Å². The second-order valence-electron chi connectivity index (χ2n) is 6.89. The summed E-state index contributed by atoms with van der Waals surface area (Å²) in [5.41, 5.74) is 2.95. The largest absolute Gasteiger partial charge is 0.487 e. The van der Waals surface area contributed by atoms with Gasteiger partial charge in [-0.25, -0.2) is 0 Å². The van der Waals surface area contributed by atoms with Gasteiger partial charge in [-0.2, -0.15) is 5.10 Å². The quantitative estimate of drug-likeness (QED) is 0.370. The first-order chi connectivity index (χ1) is 15.1. The number of benzene rings is 3. The van der Waals surface area contributed by atoms with E-state index in [0.29, 0.717) is 40.2 Å². The van der Waals surface area contributed by atoms with Gasteiger partial charge in [0.05, 0.1) is 23.5 Å². The number of ether oxygens (including phenoxy) is 1. The molecule has 7 heteroatoms. The number of aromatic nitrogens is 2. The Labute approximate surface area is 190 Å². The fraction of sp³-hybridized carbons (Fsp3) is 0.0833. The SMILES string of the molecule is O=C(Nc1cnn(Cc2ccccc2Cl)c1)c1cccc(COc2ccccc2Cl)c1. The molecule has 0 atom stereocenters. The van der Waals surface area contributed by atoms with Gasteiger partial charge in [0.15, 0.2) is 0 Å². The van der Waals surface area contributed by atoms with Crippen molar-refractivity contribution in [2.75, 3.05) is 5.32 Å². The molecule has 0 unspecified atom stereocenters. The molecule has 0 spiro atoms. The van der Waals surface area contributed by atoms with Crippen LogP contribution in [0.5, 0.6) is 5.75 Å². The zero-order chi connectivity index (χ0) is 21.6. The van der Waals surface area contributed by atoms with E-state index in [0.717, 1.165) is 11.1 Å². The van der Waals surface area contributed by atoms with Gasteiger partial charge in [-0.1, -0.05) is 65.7 Å². The van der Waals surface area contributed by atoms with Crippen LogP contribution in [0.1, 0.15) is 21.5 Å². The van der Waals surface area contributed by atoms with Gasteiger partial charge in [-0.3, -0.25) is 9.48 Å². The van der Waals surface area contributed by atoms with Crippen LogP contribution in [0.15, 0.2) is 85.2 Å². The van der Waals surface area contributed by atoms with Gasteiger partial charge in [-0.15, -0.1) is 0 Å². The van der Waals surface area contributed by atoms with E-state index in [1.54, 1.807) is 41.3 Å². The van der Waals surface area contributed by atoms with E-state index in [4.69, 9.17) is 27.9 Å². The normalized spacial score (nSPS) is 10.6. The molecule has 4 rings (SSSR count). The molecule has 0 aliphatic carbocycles. The van der Waals surface area contributed by atoms with Gasteiger partial charge < -0.3 is 10.1 Å². The first kappa shape index (κ1) is 21.0. The van der Waals surface area contributed by atoms with Crippen LogP contribution >= 0.6 is 23.2 Å². The number of amides is 1. The zero-order valence-electron chi connectivity index (χ0n) is 16.5. The highest BCUT2D eigenvalue weighted by Crippen LogP contribution is 2.24. The molecule has 1 aromatic heterocycles. The lowest BCUT2D eigenvalue weighted by atomic mass is 10.1. The summed E-state index contributed by atoms with van der Waals surface area (Å²) in [4.78, 5) is 12.7. The van der Waals surface area contributed by atoms with Gasteiger partial charge in [0.25, 0.3) is 5.91 Å². The molecule has 31 heavy (non-hydrogen) atoms. The summed E-state index contributed by atoms with van der Waals surface area (Å²) in [6.45, 7) is 0.824. The monoisotopic (exact) mass is 451 g/mol. The van der Waals surface area contributed by atoms with Crippen molar-refractivity contribution in [3.05, 3.63) is 112 Å². The van der Waals surface area contributed by atoms with E-state index >= 15 is 0 Å². The summed E-state index contributed by atoms with van der Waals surface area (Å²) in [7, 11) is 0. The third-order valence-corrected chi connectivity index (χ3v) is 5.28. The lowest BCUT2D eigenvalue weighted by Gasteiger charge is -2.09. The summed E-state index contributed by atoms with van der Waals surface area (Å²) in [6.07, 6.45) is 3.38. The molecule has 1 amide bonds. The van der Waals surface area contributed by atoms with Crippen LogP contribution in [-0.2, 0) is 13.2 Å². The highest BCUT2D eigenvalue weighted by Gasteiger charge is 2.10. The Balaban J connectivity index is 1.39. The number of carbonyl (C=O) groups is 1. The number of nitrogens with zero attached hydrogens (tertiary/aromatic N) is 2. The predicted octanol–water partition coefficient (Wildman–Crippen LogP) is 6.07. The van der Waals surface area contributed by atoms with E-state index in [1.165, 1.54) is 0 Å². The maximum Gasteiger partial charge on any atom is 0.255 e. The fourth-order valence-corrected chi connectivity index (χ4v) is 3.43. The number of anilines is 1. The third kappa shape index (κ3) is 5.45. The standard InChI is InChI=1S/C24H19Cl2N3O2/c25-21-9-2-1-7-19(21)14-29-15-20(13-27-29)28-24(30)18-8-5-6-17(12-18)16-31-23-11-4-3-10-22(23)26/h1-13,15H,14,16H2,(H,28,30). The first-order valence-electron chi connectivity index (χ1n) is 9.62. The average molecular weight is 452 g/mol. The summed E-state index contributed by atoms with van der Waals surface area (Å²) in [5, 5.41) is 8.40. The number of rotatable bonds is 7. The van der Waals surface area contributed by atoms with Crippen molar-refractivity contribution < 1.29 is 9.53 Å². The molecular weight excluding hydrogens is 433 g/mol. The van der Waals surface area contributed by atoms with Gasteiger partial charge in [0.2, 0.25) is 0 Å². The molecule has 0 aliphatic rings. The van der Waals surface area contributed by atoms with Gasteiger partial charge in [0.1, 0.15) is 12.4 Å². The molecule has 0 radical (unpaired) electrons. The van der Waals surface area contributed by atoms with Crippen LogP contribution in [0.25, 0.3) is 0 Å². The minimum absolute atomic E-state index is 0.225. The molecule has 0 saturated carbocycles. The molecular formula is C24H19Cl2N3O2. The summed E-state index contributed by atoms with van der Waals surface area (Å²) < 4.78 is 7.48. The van der Waals surface area contributed by atoms with Gasteiger partial charge >= 0.3 is 0 Å². The van der Waals surface area contributed by atoms with Gasteiger partial charge in [0, 0.05) is 16.8 Å². The van der Waals surface area contributed by atoms with E-state index in [1.807, 2.05) is 48.5 Å². The van der Waals surface area contributed by atoms with Crippen molar-refractivity contribution in [1.82, 2.24) is 9.78 Å². The van der Waals surface area contributed by atoms with Crippen molar-refractivity contribution in [2.24, 2.45) is 0 Å². The van der Waals surface area contributed by atoms with Crippen molar-refractivity contribution >= 4 is 34.8 Å². The molecule has 0 saturated heterocycles. The number of halogens is 2. The van der Waals surface area contributed by atoms with Crippen molar-refractivity contribution in [3.8, 4) is 5.75 Å². The number of nitrogens with one attached hydrogen (secondary N) is 1. The van der Waals surface area contributed by atoms with Crippen molar-refractivity contribution in [1.29, 1.82) is 0 Å². The number of hydrogen-bond donors (Lipinski definition) is 1. The second-order valence-corrected chi connectivity index (χ2v) is 7.71. The van der Waals surface area contributed by atoms with Crippen LogP contribution in [0.3, 0.4) is 0 Å². The van der Waals surface area contributed by atoms with Crippen molar-refractivity contribution in [3.63, 3.8) is 0 Å². The van der Waals surface area contributed by atoms with Crippen LogP contribution < -0.4 is 10.1 Å². The lowest BCUT2D eigenvalue weighted by Crippen LogP contribution is -2.12. The molecule has 0 bridgehead atoms. The Kier molecular flexibility index (Phi) is 6.55. The molecule has 156 valence electrons. The lowest BCUT2D eigenvalue weighted by molar-refractivity contribution is 0.102. The minimum Gasteiger partial charge on any atom is -0.487 e. The second kappa shape index (κ2) is 9.69. The average Bonchev–Trinajstić information content (AvgIpc) is 3.22. The molecule has 1 N–H and O–H groups in total. The molecule has 0 fully saturated rings. The summed E-state index contributed by atoms with van der Waals surface area (Å²) in [6, 6.07) is 22.1. The maximum atomic E-state index is 12.7. The fourth-order valence-electron chi connectivity index (χ4n) is 3.04. The Morgan fingerprint density at radius 1 is 0.968 bits per heavy atom. The Hall–Kier alpha value is -3.28. The van der Waals surface area contributed by atoms with Gasteiger partial charge in [-0.05, 0) is 41.5 Å². The number of para-hydroxylation sites is 1.